The van der Waals surface area contributed by atoms with E-state index in [2.05, 4.69) is 30.6 Å². The number of nitrogens with zero attached hydrogens (tertiary/aromatic N) is 8. The summed E-state index contributed by atoms with van der Waals surface area (Å²) >= 11 is 0.976. The molecular weight excluding hydrogens is 630 g/mol. The zero-order valence-electron chi connectivity index (χ0n) is 24.6. The third kappa shape index (κ3) is 7.08. The van der Waals surface area contributed by atoms with Crippen molar-refractivity contribution in [3.8, 4) is 22.8 Å². The first-order chi connectivity index (χ1) is 22.0. The van der Waals surface area contributed by atoms with Crippen molar-refractivity contribution in [3.05, 3.63) is 60.7 Å². The Labute approximate surface area is 265 Å². The molecule has 0 bridgehead atoms. The van der Waals surface area contributed by atoms with E-state index in [1.165, 1.54) is 46.0 Å². The number of halogens is 2. The Hall–Kier alpha value is -3.49. The molecule has 0 aromatic carbocycles. The zero-order chi connectivity index (χ0) is 33.1. The minimum Gasteiger partial charge on any atom is -0.396 e. The Morgan fingerprint density at radius 2 is 1.46 bits per heavy atom. The molecule has 1 saturated heterocycles. The van der Waals surface area contributed by atoms with Crippen molar-refractivity contribution in [2.24, 2.45) is 5.92 Å². The first-order valence-corrected chi connectivity index (χ1v) is 15.3. The number of thioether (sulfide) groups is 1. The Morgan fingerprint density at radius 3 is 2.02 bits per heavy atom. The molecule has 0 saturated carbocycles. The molecule has 5 rings (SSSR count). The molecule has 18 heteroatoms. The Morgan fingerprint density at radius 1 is 0.848 bits per heavy atom. The maximum Gasteiger partial charge on any atom is 0.141 e. The van der Waals surface area contributed by atoms with Gasteiger partial charge in [0, 0.05) is 17.8 Å². The van der Waals surface area contributed by atoms with Crippen LogP contribution in [0.15, 0.2) is 49.1 Å². The lowest BCUT2D eigenvalue weighted by Crippen LogP contribution is -2.55. The fraction of sp³-hybridized carbons (Fsp3) is 0.500. The summed E-state index contributed by atoms with van der Waals surface area (Å²) in [6.07, 6.45) is -1.82. The molecule has 248 valence electrons. The third-order valence-corrected chi connectivity index (χ3v) is 9.23. The van der Waals surface area contributed by atoms with E-state index in [-0.39, 0.29) is 11.4 Å². The number of hydrogen-bond donors (Lipinski definition) is 6. The van der Waals surface area contributed by atoms with Gasteiger partial charge in [0.2, 0.25) is 0 Å². The summed E-state index contributed by atoms with van der Waals surface area (Å²) in [5, 5.41) is 80.2. The second kappa shape index (κ2) is 14.5. The van der Waals surface area contributed by atoms with Gasteiger partial charge in [-0.05, 0) is 24.3 Å². The number of rotatable bonds is 12. The van der Waals surface area contributed by atoms with Crippen LogP contribution in [0.25, 0.3) is 22.8 Å². The van der Waals surface area contributed by atoms with Crippen molar-refractivity contribution in [2.75, 3.05) is 13.2 Å². The molecular formula is C28H34F2N8O7S. The average Bonchev–Trinajstić information content (AvgIpc) is 3.74. The zero-order valence-corrected chi connectivity index (χ0v) is 25.5. The van der Waals surface area contributed by atoms with Gasteiger partial charge in [0.15, 0.2) is 0 Å². The molecule has 4 aromatic rings. The van der Waals surface area contributed by atoms with Crippen LogP contribution >= 0.6 is 11.8 Å². The second-order valence-electron chi connectivity index (χ2n) is 11.1. The highest BCUT2D eigenvalue weighted by atomic mass is 32.2. The van der Waals surface area contributed by atoms with Crippen molar-refractivity contribution in [3.63, 3.8) is 0 Å². The monoisotopic (exact) mass is 664 g/mol. The van der Waals surface area contributed by atoms with E-state index in [1.54, 1.807) is 13.8 Å². The number of aromatic nitrogens is 8. The summed E-state index contributed by atoms with van der Waals surface area (Å²) in [6, 6.07) is 2.91. The van der Waals surface area contributed by atoms with E-state index in [0.717, 1.165) is 24.2 Å². The van der Waals surface area contributed by atoms with Crippen molar-refractivity contribution < 1.29 is 44.2 Å². The minimum atomic E-state index is -1.43. The highest BCUT2D eigenvalue weighted by Crippen LogP contribution is 2.39. The maximum atomic E-state index is 13.4. The van der Waals surface area contributed by atoms with Gasteiger partial charge >= 0.3 is 0 Å². The lowest BCUT2D eigenvalue weighted by atomic mass is 9.93. The van der Waals surface area contributed by atoms with Crippen molar-refractivity contribution in [1.82, 2.24) is 40.0 Å². The van der Waals surface area contributed by atoms with Crippen LogP contribution in [0, 0.1) is 17.6 Å². The molecule has 10 atom stereocenters. The van der Waals surface area contributed by atoms with Gasteiger partial charge in [-0.25, -0.2) is 18.1 Å². The summed E-state index contributed by atoms with van der Waals surface area (Å²) in [5.74, 6) is -1.77. The van der Waals surface area contributed by atoms with E-state index in [4.69, 9.17) is 4.74 Å². The number of hydrogen-bond acceptors (Lipinski definition) is 14. The number of aliphatic hydroxyl groups is 6. The lowest BCUT2D eigenvalue weighted by Gasteiger charge is -2.43. The van der Waals surface area contributed by atoms with Gasteiger partial charge in [0.05, 0.1) is 55.0 Å². The SMILES string of the molecule is CC(S[C@@H]1OC(CO)[C@H](O)C(n2cc(-c3ccc(F)cn3)nn2)C1O)[C@H](O)C(C(O)[C@H](C)CO)n1cc(-c2ccc(F)cn2)nn1. The largest absolute Gasteiger partial charge is 0.396 e. The second-order valence-corrected chi connectivity index (χ2v) is 12.5. The molecule has 0 amide bonds. The van der Waals surface area contributed by atoms with E-state index in [0.29, 0.717) is 11.4 Å². The fourth-order valence-corrected chi connectivity index (χ4v) is 6.43. The van der Waals surface area contributed by atoms with Gasteiger partial charge in [-0.1, -0.05) is 24.3 Å². The summed E-state index contributed by atoms with van der Waals surface area (Å²) in [6.45, 7) is 2.20. The van der Waals surface area contributed by atoms with Gasteiger partial charge in [-0.3, -0.25) is 9.97 Å². The smallest absolute Gasteiger partial charge is 0.141 e. The van der Waals surface area contributed by atoms with E-state index >= 15 is 0 Å². The lowest BCUT2D eigenvalue weighted by molar-refractivity contribution is -0.178. The summed E-state index contributed by atoms with van der Waals surface area (Å²) in [5.41, 5.74) is -0.0129. The fourth-order valence-electron chi connectivity index (χ4n) is 5.16. The van der Waals surface area contributed by atoms with E-state index in [1.807, 2.05) is 0 Å². The molecule has 0 aliphatic carbocycles. The van der Waals surface area contributed by atoms with Crippen molar-refractivity contribution in [2.45, 2.75) is 67.1 Å². The van der Waals surface area contributed by atoms with Crippen LogP contribution in [0.4, 0.5) is 8.78 Å². The quantitative estimate of drug-likeness (QED) is 0.117. The first-order valence-electron chi connectivity index (χ1n) is 14.3. The Balaban J connectivity index is 1.38. The van der Waals surface area contributed by atoms with Crippen molar-refractivity contribution in [1.29, 1.82) is 0 Å². The van der Waals surface area contributed by atoms with Crippen LogP contribution < -0.4 is 0 Å². The molecule has 1 aliphatic heterocycles. The molecule has 6 N–H and O–H groups in total. The Bertz CT molecular complexity index is 1570. The van der Waals surface area contributed by atoms with Crippen LogP contribution in [0.5, 0.6) is 0 Å². The number of pyridine rings is 2. The van der Waals surface area contributed by atoms with Crippen LogP contribution in [0.2, 0.25) is 0 Å². The minimum absolute atomic E-state index is 0.248. The molecule has 0 radical (unpaired) electrons. The summed E-state index contributed by atoms with van der Waals surface area (Å²) in [7, 11) is 0. The van der Waals surface area contributed by atoms with Crippen LogP contribution in [-0.4, -0.2) is 125 Å². The van der Waals surface area contributed by atoms with E-state index < -0.39 is 84.1 Å². The van der Waals surface area contributed by atoms with Crippen LogP contribution in [-0.2, 0) is 4.74 Å². The van der Waals surface area contributed by atoms with Gasteiger partial charge in [-0.2, -0.15) is 0 Å². The topological polar surface area (TPSA) is 218 Å². The average molecular weight is 665 g/mol. The predicted octanol–water partition coefficient (Wildman–Crippen LogP) is -0.0349. The van der Waals surface area contributed by atoms with Crippen LogP contribution in [0.1, 0.15) is 25.9 Å². The molecule has 4 aromatic heterocycles. The highest BCUT2D eigenvalue weighted by molar-refractivity contribution is 8.00. The number of ether oxygens (including phenoxy) is 1. The standard InChI is InChI=1S/C28H34F2N8O7S/c1-13(11-39)24(41)22(37-9-19(33-35-37)17-5-3-15(29)7-31-17)25(42)14(2)46-28-27(44)23(26(43)21(12-40)45-28)38-10-20(34-36-38)18-6-4-16(30)8-32-18/h3-10,13-14,21-28,39-44H,11-12H2,1-2H3/t13-,14?,21?,22?,23?,24?,25+,26+,27?,28+/m1/s1. The van der Waals surface area contributed by atoms with Crippen LogP contribution in [0.3, 0.4) is 0 Å². The normalized spacial score (nSPS) is 25.1. The molecule has 15 nitrogen and oxygen atoms in total. The van der Waals surface area contributed by atoms with E-state index in [9.17, 15) is 39.4 Å². The van der Waals surface area contributed by atoms with Crippen molar-refractivity contribution >= 4 is 11.8 Å². The van der Waals surface area contributed by atoms with Gasteiger partial charge in [0.25, 0.3) is 0 Å². The molecule has 0 spiro atoms. The third-order valence-electron chi connectivity index (χ3n) is 7.86. The van der Waals surface area contributed by atoms with Gasteiger partial charge in [0.1, 0.15) is 58.9 Å². The summed E-state index contributed by atoms with van der Waals surface area (Å²) < 4.78 is 35.0. The van der Waals surface area contributed by atoms with Gasteiger partial charge in [-0.15, -0.1) is 22.0 Å². The summed E-state index contributed by atoms with van der Waals surface area (Å²) in [4.78, 5) is 7.95. The number of aliphatic hydroxyl groups excluding tert-OH is 6. The molecule has 46 heavy (non-hydrogen) atoms. The molecule has 6 unspecified atom stereocenters. The predicted molar refractivity (Wildman–Crippen MR) is 158 cm³/mol. The van der Waals surface area contributed by atoms with Gasteiger partial charge < -0.3 is 35.4 Å². The molecule has 1 aliphatic rings. The first kappa shape index (κ1) is 33.9. The molecule has 1 fully saturated rings. The maximum absolute atomic E-state index is 13.4. The highest BCUT2D eigenvalue weighted by Gasteiger charge is 2.48. The molecule has 5 heterocycles. The Kier molecular flexibility index (Phi) is 10.7.